The van der Waals surface area contributed by atoms with Gasteiger partial charge >= 0.3 is 0 Å². The molecule has 4 aromatic rings. The van der Waals surface area contributed by atoms with Crippen LogP contribution in [0.3, 0.4) is 0 Å². The lowest BCUT2D eigenvalue weighted by Gasteiger charge is -2.12. The molecule has 1 amide bonds. The summed E-state index contributed by atoms with van der Waals surface area (Å²) in [5.74, 6) is -0.423. The van der Waals surface area contributed by atoms with Gasteiger partial charge in [0.05, 0.1) is 16.1 Å². The maximum Gasteiger partial charge on any atom is 0.252 e. The van der Waals surface area contributed by atoms with Crippen LogP contribution in [-0.2, 0) is 6.54 Å². The van der Waals surface area contributed by atoms with Crippen molar-refractivity contribution < 1.29 is 9.59 Å². The lowest BCUT2D eigenvalue weighted by atomic mass is 10.0. The largest absolute Gasteiger partial charge is 0.348 e. The maximum atomic E-state index is 12.8. The molecule has 0 bridgehead atoms. The molecular formula is C22H17N3O2S. The van der Waals surface area contributed by atoms with Gasteiger partial charge in [0, 0.05) is 24.5 Å². The number of benzene rings is 2. The van der Waals surface area contributed by atoms with Gasteiger partial charge in [-0.1, -0.05) is 42.5 Å². The van der Waals surface area contributed by atoms with E-state index in [1.165, 1.54) is 11.3 Å². The van der Waals surface area contributed by atoms with Gasteiger partial charge in [-0.15, -0.1) is 11.3 Å². The zero-order chi connectivity index (χ0) is 19.3. The number of ketones is 1. The van der Waals surface area contributed by atoms with Gasteiger partial charge in [0.25, 0.3) is 5.91 Å². The van der Waals surface area contributed by atoms with E-state index < -0.39 is 0 Å². The van der Waals surface area contributed by atoms with Gasteiger partial charge in [-0.25, -0.2) is 4.68 Å². The zero-order valence-electron chi connectivity index (χ0n) is 14.9. The van der Waals surface area contributed by atoms with Crippen molar-refractivity contribution in [3.8, 4) is 5.69 Å². The van der Waals surface area contributed by atoms with Gasteiger partial charge in [0.2, 0.25) is 5.78 Å². The van der Waals surface area contributed by atoms with Crippen molar-refractivity contribution in [2.24, 2.45) is 0 Å². The molecule has 5 nitrogen and oxygen atoms in total. The summed E-state index contributed by atoms with van der Waals surface area (Å²) in [6.07, 6.45) is 3.57. The Hall–Kier alpha value is -3.51. The number of nitrogens with one attached hydrogen (secondary N) is 1. The second kappa shape index (κ2) is 8.02. The third kappa shape index (κ3) is 3.63. The number of nitrogens with zero attached hydrogens (tertiary/aromatic N) is 2. The number of para-hydroxylation sites is 1. The van der Waals surface area contributed by atoms with E-state index in [0.29, 0.717) is 22.5 Å². The average Bonchev–Trinajstić information content (AvgIpc) is 3.46. The number of aromatic nitrogens is 2. The lowest BCUT2D eigenvalue weighted by Crippen LogP contribution is -2.25. The summed E-state index contributed by atoms with van der Waals surface area (Å²) in [7, 11) is 0. The van der Waals surface area contributed by atoms with Crippen molar-refractivity contribution in [3.05, 3.63) is 106 Å². The van der Waals surface area contributed by atoms with Crippen molar-refractivity contribution >= 4 is 23.0 Å². The van der Waals surface area contributed by atoms with Gasteiger partial charge in [0.1, 0.15) is 0 Å². The van der Waals surface area contributed by atoms with Crippen LogP contribution in [0.5, 0.6) is 0 Å². The Kier molecular flexibility index (Phi) is 5.12. The minimum atomic E-state index is -0.282. The van der Waals surface area contributed by atoms with E-state index in [9.17, 15) is 9.59 Å². The molecule has 6 heteroatoms. The Morgan fingerprint density at radius 1 is 0.929 bits per heavy atom. The molecule has 4 rings (SSSR count). The Bertz CT molecular complexity index is 1100. The standard InChI is InChI=1S/C22H17N3O2S/c26-21(20-11-5-14-28-20)17-8-2-3-9-18(17)22(27)23-15-16-7-1-4-10-19(16)25-13-6-12-24-25/h1-14H,15H2,(H,23,27). The van der Waals surface area contributed by atoms with E-state index in [0.717, 1.165) is 11.3 Å². The fourth-order valence-corrected chi connectivity index (χ4v) is 3.66. The summed E-state index contributed by atoms with van der Waals surface area (Å²) in [5, 5.41) is 9.04. The van der Waals surface area contributed by atoms with Gasteiger partial charge < -0.3 is 5.32 Å². The summed E-state index contributed by atoms with van der Waals surface area (Å²) in [6, 6.07) is 20.1. The smallest absolute Gasteiger partial charge is 0.252 e. The molecule has 0 radical (unpaired) electrons. The first-order valence-corrected chi connectivity index (χ1v) is 9.65. The van der Waals surface area contributed by atoms with Crippen molar-refractivity contribution in [2.75, 3.05) is 0 Å². The quantitative estimate of drug-likeness (QED) is 0.507. The highest BCUT2D eigenvalue weighted by atomic mass is 32.1. The van der Waals surface area contributed by atoms with Crippen molar-refractivity contribution in [1.29, 1.82) is 0 Å². The van der Waals surface area contributed by atoms with Crippen LogP contribution in [0.1, 0.15) is 31.2 Å². The molecule has 2 aromatic carbocycles. The molecule has 2 aromatic heterocycles. The van der Waals surface area contributed by atoms with E-state index in [2.05, 4.69) is 10.4 Å². The molecule has 1 N–H and O–H groups in total. The molecular weight excluding hydrogens is 370 g/mol. The number of carbonyl (C=O) groups is 2. The second-order valence-electron chi connectivity index (χ2n) is 6.11. The fourth-order valence-electron chi connectivity index (χ4n) is 2.99. The predicted molar refractivity (Wildman–Crippen MR) is 109 cm³/mol. The topological polar surface area (TPSA) is 64.0 Å². The molecule has 0 unspecified atom stereocenters. The number of thiophene rings is 1. The van der Waals surface area contributed by atoms with Crippen LogP contribution in [-0.4, -0.2) is 21.5 Å². The highest BCUT2D eigenvalue weighted by Crippen LogP contribution is 2.19. The number of rotatable bonds is 6. The van der Waals surface area contributed by atoms with E-state index in [1.54, 1.807) is 41.2 Å². The van der Waals surface area contributed by atoms with Crippen LogP contribution in [0.15, 0.2) is 84.5 Å². The van der Waals surface area contributed by atoms with E-state index in [1.807, 2.05) is 48.0 Å². The monoisotopic (exact) mass is 387 g/mol. The van der Waals surface area contributed by atoms with Crippen LogP contribution < -0.4 is 5.32 Å². The first kappa shape index (κ1) is 17.9. The van der Waals surface area contributed by atoms with Crippen LogP contribution in [0.4, 0.5) is 0 Å². The Labute approximate surface area is 166 Å². The molecule has 138 valence electrons. The third-order valence-corrected chi connectivity index (χ3v) is 5.21. The molecule has 0 aliphatic rings. The molecule has 0 fully saturated rings. The Balaban J connectivity index is 1.56. The zero-order valence-corrected chi connectivity index (χ0v) is 15.7. The number of amides is 1. The summed E-state index contributed by atoms with van der Waals surface area (Å²) >= 11 is 1.37. The fraction of sp³-hybridized carbons (Fsp3) is 0.0455. The van der Waals surface area contributed by atoms with Gasteiger partial charge in [-0.3, -0.25) is 9.59 Å². The molecule has 28 heavy (non-hydrogen) atoms. The number of hydrogen-bond donors (Lipinski definition) is 1. The van der Waals surface area contributed by atoms with Crippen LogP contribution in [0.2, 0.25) is 0 Å². The van der Waals surface area contributed by atoms with Crippen molar-refractivity contribution in [2.45, 2.75) is 6.54 Å². The number of hydrogen-bond acceptors (Lipinski definition) is 4. The minimum Gasteiger partial charge on any atom is -0.348 e. The van der Waals surface area contributed by atoms with E-state index in [-0.39, 0.29) is 11.7 Å². The molecule has 0 atom stereocenters. The summed E-state index contributed by atoms with van der Waals surface area (Å²) in [6.45, 7) is 0.330. The normalized spacial score (nSPS) is 10.6. The average molecular weight is 387 g/mol. The first-order valence-electron chi connectivity index (χ1n) is 8.77. The number of carbonyl (C=O) groups excluding carboxylic acids is 2. The van der Waals surface area contributed by atoms with E-state index >= 15 is 0 Å². The predicted octanol–water partition coefficient (Wildman–Crippen LogP) is 4.09. The first-order chi connectivity index (χ1) is 13.7. The molecule has 2 heterocycles. The van der Waals surface area contributed by atoms with Crippen LogP contribution in [0.25, 0.3) is 5.69 Å². The van der Waals surface area contributed by atoms with Crippen molar-refractivity contribution in [3.63, 3.8) is 0 Å². The van der Waals surface area contributed by atoms with Gasteiger partial charge in [0.15, 0.2) is 0 Å². The summed E-state index contributed by atoms with van der Waals surface area (Å²) in [4.78, 5) is 26.2. The van der Waals surface area contributed by atoms with Crippen molar-refractivity contribution in [1.82, 2.24) is 15.1 Å². The molecule has 0 aliphatic carbocycles. The molecule has 0 spiro atoms. The molecule has 0 aliphatic heterocycles. The highest BCUT2D eigenvalue weighted by molar-refractivity contribution is 7.12. The third-order valence-electron chi connectivity index (χ3n) is 4.34. The maximum absolute atomic E-state index is 12.8. The Morgan fingerprint density at radius 3 is 2.46 bits per heavy atom. The lowest BCUT2D eigenvalue weighted by molar-refractivity contribution is 0.0940. The SMILES string of the molecule is O=C(NCc1ccccc1-n1cccn1)c1ccccc1C(=O)c1cccs1. The van der Waals surface area contributed by atoms with E-state index in [4.69, 9.17) is 0 Å². The van der Waals surface area contributed by atoms with Gasteiger partial charge in [-0.2, -0.15) is 5.10 Å². The minimum absolute atomic E-state index is 0.141. The summed E-state index contributed by atoms with van der Waals surface area (Å²) in [5.41, 5.74) is 2.61. The van der Waals surface area contributed by atoms with Crippen LogP contribution in [0, 0.1) is 0 Å². The molecule has 0 saturated carbocycles. The highest BCUT2D eigenvalue weighted by Gasteiger charge is 2.18. The Morgan fingerprint density at radius 2 is 1.71 bits per heavy atom. The summed E-state index contributed by atoms with van der Waals surface area (Å²) < 4.78 is 1.76. The molecule has 0 saturated heterocycles. The van der Waals surface area contributed by atoms with Crippen LogP contribution >= 0.6 is 11.3 Å². The second-order valence-corrected chi connectivity index (χ2v) is 7.06. The van der Waals surface area contributed by atoms with Gasteiger partial charge in [-0.05, 0) is 35.2 Å².